The molecule has 0 saturated carbocycles. The van der Waals surface area contributed by atoms with Gasteiger partial charge < -0.3 is 10.2 Å². The summed E-state index contributed by atoms with van der Waals surface area (Å²) >= 11 is 1.69. The van der Waals surface area contributed by atoms with E-state index in [1.807, 2.05) is 0 Å². The fourth-order valence-electron chi connectivity index (χ4n) is 3.98. The first-order valence-electron chi connectivity index (χ1n) is 9.30. The number of hydrogen-bond donors (Lipinski definition) is 1. The molecule has 4 rings (SSSR count). The van der Waals surface area contributed by atoms with Gasteiger partial charge in [0.1, 0.15) is 17.0 Å². The van der Waals surface area contributed by atoms with Crippen LogP contribution in [0, 0.1) is 19.8 Å². The molecule has 0 radical (unpaired) electrons. The summed E-state index contributed by atoms with van der Waals surface area (Å²) in [5.74, 6) is 1.15. The smallest absolute Gasteiger partial charge is 0.223 e. The predicted octanol–water partition coefficient (Wildman–Crippen LogP) is 1.83. The third-order valence-electron chi connectivity index (χ3n) is 5.69. The van der Waals surface area contributed by atoms with Crippen molar-refractivity contribution in [2.24, 2.45) is 5.92 Å². The minimum absolute atomic E-state index is 0.00728. The van der Waals surface area contributed by atoms with Crippen molar-refractivity contribution >= 4 is 43.1 Å². The molecule has 0 spiro atoms. The highest BCUT2D eigenvalue weighted by Gasteiger charge is 2.32. The maximum absolute atomic E-state index is 12.5. The van der Waals surface area contributed by atoms with Crippen LogP contribution in [0.15, 0.2) is 6.33 Å². The zero-order valence-corrected chi connectivity index (χ0v) is 17.2. The summed E-state index contributed by atoms with van der Waals surface area (Å²) in [5, 5.41) is 4.06. The summed E-state index contributed by atoms with van der Waals surface area (Å²) in [7, 11) is -2.98. The van der Waals surface area contributed by atoms with Crippen LogP contribution in [-0.2, 0) is 14.6 Å². The van der Waals surface area contributed by atoms with Gasteiger partial charge in [0.05, 0.1) is 16.9 Å². The number of aryl methyl sites for hydroxylation is 2. The highest BCUT2D eigenvalue weighted by molar-refractivity contribution is 7.91. The molecule has 27 heavy (non-hydrogen) atoms. The highest BCUT2D eigenvalue weighted by atomic mass is 32.2. The summed E-state index contributed by atoms with van der Waals surface area (Å²) < 4.78 is 23.1. The van der Waals surface area contributed by atoms with Gasteiger partial charge >= 0.3 is 0 Å². The van der Waals surface area contributed by atoms with Crippen molar-refractivity contribution in [1.82, 2.24) is 15.3 Å². The number of rotatable bonds is 3. The zero-order valence-electron chi connectivity index (χ0n) is 15.6. The lowest BCUT2D eigenvalue weighted by Crippen LogP contribution is -2.44. The predicted molar refractivity (Wildman–Crippen MR) is 107 cm³/mol. The Morgan fingerprint density at radius 1 is 1.22 bits per heavy atom. The topological polar surface area (TPSA) is 92.3 Å². The molecule has 2 fully saturated rings. The number of amides is 1. The van der Waals surface area contributed by atoms with Crippen LogP contribution < -0.4 is 10.2 Å². The maximum atomic E-state index is 12.5. The second-order valence-corrected chi connectivity index (χ2v) is 11.0. The van der Waals surface area contributed by atoms with Crippen molar-refractivity contribution in [2.75, 3.05) is 29.5 Å². The number of anilines is 1. The van der Waals surface area contributed by atoms with Gasteiger partial charge in [-0.1, -0.05) is 0 Å². The molecule has 0 aromatic carbocycles. The van der Waals surface area contributed by atoms with Crippen LogP contribution in [0.5, 0.6) is 0 Å². The second kappa shape index (κ2) is 7.01. The number of carbonyl (C=O) groups excluding carboxylic acids is 1. The molecule has 1 atom stereocenters. The molecule has 1 amide bonds. The monoisotopic (exact) mass is 408 g/mol. The molecule has 4 heterocycles. The molecule has 7 nitrogen and oxygen atoms in total. The molecule has 0 unspecified atom stereocenters. The van der Waals surface area contributed by atoms with E-state index < -0.39 is 9.84 Å². The quantitative estimate of drug-likeness (QED) is 0.833. The van der Waals surface area contributed by atoms with Crippen LogP contribution in [0.3, 0.4) is 0 Å². The van der Waals surface area contributed by atoms with Crippen LogP contribution in [0.2, 0.25) is 0 Å². The van der Waals surface area contributed by atoms with Gasteiger partial charge in [-0.3, -0.25) is 4.79 Å². The van der Waals surface area contributed by atoms with E-state index >= 15 is 0 Å². The Labute approximate surface area is 163 Å². The molecule has 2 aliphatic heterocycles. The Hall–Kier alpha value is -1.74. The van der Waals surface area contributed by atoms with Crippen molar-refractivity contribution in [3.05, 3.63) is 16.8 Å². The maximum Gasteiger partial charge on any atom is 0.223 e. The Bertz CT molecular complexity index is 978. The molecular formula is C18H24N4O3S2. The summed E-state index contributed by atoms with van der Waals surface area (Å²) in [4.78, 5) is 26.0. The molecule has 2 saturated heterocycles. The van der Waals surface area contributed by atoms with Crippen LogP contribution in [-0.4, -0.2) is 54.9 Å². The minimum atomic E-state index is -2.98. The van der Waals surface area contributed by atoms with Crippen molar-refractivity contribution in [2.45, 2.75) is 39.2 Å². The lowest BCUT2D eigenvalue weighted by atomic mass is 9.95. The summed E-state index contributed by atoms with van der Waals surface area (Å²) in [6.45, 7) is 5.74. The Balaban J connectivity index is 1.41. The summed E-state index contributed by atoms with van der Waals surface area (Å²) in [6, 6.07) is -0.224. The number of aromatic nitrogens is 2. The normalized spacial score (nSPS) is 23.0. The van der Waals surface area contributed by atoms with E-state index in [9.17, 15) is 13.2 Å². The minimum Gasteiger partial charge on any atom is -0.356 e. The third kappa shape index (κ3) is 3.67. The highest BCUT2D eigenvalue weighted by Crippen LogP contribution is 2.35. The van der Waals surface area contributed by atoms with Crippen molar-refractivity contribution in [3.63, 3.8) is 0 Å². The number of nitrogens with zero attached hydrogens (tertiary/aromatic N) is 3. The standard InChI is InChI=1S/C18H24N4O3S2/c1-11-12(2)26-18-15(11)16(19-10-20-18)22-6-3-13(4-7-22)17(23)21-14-5-8-27(24,25)9-14/h10,13-14H,3-9H2,1-2H3,(H,21,23)/t14-/m1/s1. The number of thiophene rings is 1. The third-order valence-corrected chi connectivity index (χ3v) is 8.57. The first-order chi connectivity index (χ1) is 12.8. The molecule has 2 aromatic rings. The van der Waals surface area contributed by atoms with E-state index in [1.54, 1.807) is 17.7 Å². The largest absolute Gasteiger partial charge is 0.356 e. The number of fused-ring (bicyclic) bond motifs is 1. The molecule has 2 aliphatic rings. The molecule has 0 bridgehead atoms. The SMILES string of the molecule is Cc1sc2ncnc(N3CCC(C(=O)N[C@@H]4CCS(=O)(=O)C4)CC3)c2c1C. The number of nitrogens with one attached hydrogen (secondary N) is 1. The number of hydrogen-bond acceptors (Lipinski definition) is 7. The van der Waals surface area contributed by atoms with Crippen molar-refractivity contribution in [3.8, 4) is 0 Å². The average Bonchev–Trinajstić information content (AvgIpc) is 3.13. The van der Waals surface area contributed by atoms with Crippen LogP contribution >= 0.6 is 11.3 Å². The number of sulfone groups is 1. The van der Waals surface area contributed by atoms with Gasteiger partial charge in [0, 0.05) is 29.9 Å². The molecule has 9 heteroatoms. The Morgan fingerprint density at radius 3 is 2.63 bits per heavy atom. The van der Waals surface area contributed by atoms with E-state index in [1.165, 1.54) is 10.4 Å². The van der Waals surface area contributed by atoms with E-state index in [0.717, 1.165) is 42.0 Å². The zero-order chi connectivity index (χ0) is 19.2. The van der Waals surface area contributed by atoms with Gasteiger partial charge in [-0.05, 0) is 38.7 Å². The van der Waals surface area contributed by atoms with Gasteiger partial charge in [-0.2, -0.15) is 0 Å². The van der Waals surface area contributed by atoms with E-state index in [2.05, 4.69) is 34.0 Å². The van der Waals surface area contributed by atoms with Gasteiger partial charge in [0.2, 0.25) is 5.91 Å². The first-order valence-corrected chi connectivity index (χ1v) is 11.9. The molecule has 0 aliphatic carbocycles. The fourth-order valence-corrected chi connectivity index (χ4v) is 6.65. The molecule has 2 aromatic heterocycles. The van der Waals surface area contributed by atoms with Crippen molar-refractivity contribution in [1.29, 1.82) is 0 Å². The Morgan fingerprint density at radius 2 is 1.96 bits per heavy atom. The number of piperidine rings is 1. The van der Waals surface area contributed by atoms with Crippen molar-refractivity contribution < 1.29 is 13.2 Å². The van der Waals surface area contributed by atoms with Gasteiger partial charge in [-0.25, -0.2) is 18.4 Å². The van der Waals surface area contributed by atoms with Gasteiger partial charge in [0.15, 0.2) is 9.84 Å². The Kier molecular flexibility index (Phi) is 4.84. The second-order valence-electron chi connectivity index (χ2n) is 7.53. The van der Waals surface area contributed by atoms with E-state index in [4.69, 9.17) is 0 Å². The summed E-state index contributed by atoms with van der Waals surface area (Å²) in [6.07, 6.45) is 3.65. The van der Waals surface area contributed by atoms with Gasteiger partial charge in [-0.15, -0.1) is 11.3 Å². The molecular weight excluding hydrogens is 384 g/mol. The number of carbonyl (C=O) groups is 1. The lowest BCUT2D eigenvalue weighted by molar-refractivity contribution is -0.126. The van der Waals surface area contributed by atoms with E-state index in [-0.39, 0.29) is 29.4 Å². The van der Waals surface area contributed by atoms with E-state index in [0.29, 0.717) is 6.42 Å². The average molecular weight is 409 g/mol. The first kappa shape index (κ1) is 18.6. The van der Waals surface area contributed by atoms with Gasteiger partial charge in [0.25, 0.3) is 0 Å². The van der Waals surface area contributed by atoms with Crippen LogP contribution in [0.4, 0.5) is 5.82 Å². The van der Waals surface area contributed by atoms with Crippen LogP contribution in [0.1, 0.15) is 29.7 Å². The summed E-state index contributed by atoms with van der Waals surface area (Å²) in [5.41, 5.74) is 1.23. The lowest BCUT2D eigenvalue weighted by Gasteiger charge is -2.33. The fraction of sp³-hybridized carbons (Fsp3) is 0.611. The molecule has 146 valence electrons. The van der Waals surface area contributed by atoms with Crippen LogP contribution in [0.25, 0.3) is 10.2 Å². The molecule has 1 N–H and O–H groups in total.